The number of benzene rings is 2. The molecule has 0 aliphatic carbocycles. The second kappa shape index (κ2) is 9.16. The lowest BCUT2D eigenvalue weighted by molar-refractivity contribution is 0.414. The maximum Gasteiger partial charge on any atom is 0.260 e. The Hall–Kier alpha value is -3.50. The number of aromatic amines is 1. The zero-order valence-corrected chi connectivity index (χ0v) is 19.6. The minimum atomic E-state index is -0.148. The third-order valence-electron chi connectivity index (χ3n) is 5.20. The molecule has 0 fully saturated rings. The van der Waals surface area contributed by atoms with E-state index in [-0.39, 0.29) is 10.8 Å². The van der Waals surface area contributed by atoms with Gasteiger partial charge in [-0.25, -0.2) is 9.67 Å². The fraction of sp³-hybridized carbons (Fsp3) is 0.174. The highest BCUT2D eigenvalue weighted by molar-refractivity contribution is 7.99. The third-order valence-corrected chi connectivity index (χ3v) is 7.16. The van der Waals surface area contributed by atoms with Crippen LogP contribution in [0.5, 0.6) is 5.75 Å². The number of nitrogens with zero attached hydrogens (tertiary/aromatic N) is 5. The monoisotopic (exact) mass is 476 g/mol. The number of ether oxygens (including phenoxy) is 1. The Labute approximate surface area is 197 Å². The summed E-state index contributed by atoms with van der Waals surface area (Å²) in [5.41, 5.74) is 2.82. The van der Waals surface area contributed by atoms with Gasteiger partial charge in [0.25, 0.3) is 5.56 Å². The Morgan fingerprint density at radius 1 is 1.15 bits per heavy atom. The van der Waals surface area contributed by atoms with Crippen molar-refractivity contribution >= 4 is 33.3 Å². The second-order valence-corrected chi connectivity index (χ2v) is 9.54. The zero-order chi connectivity index (χ0) is 22.8. The van der Waals surface area contributed by atoms with E-state index in [1.807, 2.05) is 66.9 Å². The first-order valence-electron chi connectivity index (χ1n) is 10.2. The molecule has 1 unspecified atom stereocenters. The van der Waals surface area contributed by atoms with Crippen molar-refractivity contribution in [2.75, 3.05) is 7.11 Å². The number of tetrazole rings is 1. The van der Waals surface area contributed by atoms with Crippen molar-refractivity contribution in [3.8, 4) is 16.9 Å². The summed E-state index contributed by atoms with van der Waals surface area (Å²) in [6.07, 6.45) is 0. The summed E-state index contributed by atoms with van der Waals surface area (Å²) in [6, 6.07) is 17.6. The molecule has 1 atom stereocenters. The van der Waals surface area contributed by atoms with Gasteiger partial charge in [-0.05, 0) is 40.6 Å². The van der Waals surface area contributed by atoms with Gasteiger partial charge in [0.15, 0.2) is 0 Å². The van der Waals surface area contributed by atoms with Crippen LogP contribution < -0.4 is 10.3 Å². The lowest BCUT2D eigenvalue weighted by atomic mass is 10.1. The Kier molecular flexibility index (Phi) is 5.93. The largest absolute Gasteiger partial charge is 0.497 e. The molecule has 0 aliphatic heterocycles. The lowest BCUT2D eigenvalue weighted by Gasteiger charge is -2.11. The van der Waals surface area contributed by atoms with E-state index >= 15 is 0 Å². The molecule has 0 amide bonds. The number of aromatic nitrogens is 6. The number of H-pyrrole nitrogens is 1. The molecule has 0 bridgehead atoms. The van der Waals surface area contributed by atoms with Crippen molar-refractivity contribution < 1.29 is 4.74 Å². The van der Waals surface area contributed by atoms with Crippen molar-refractivity contribution in [3.63, 3.8) is 0 Å². The van der Waals surface area contributed by atoms with Gasteiger partial charge in [-0.2, -0.15) is 0 Å². The first-order chi connectivity index (χ1) is 16.1. The minimum absolute atomic E-state index is 0.139. The molecule has 5 aromatic rings. The predicted molar refractivity (Wildman–Crippen MR) is 130 cm³/mol. The van der Waals surface area contributed by atoms with Crippen LogP contribution in [0, 0.1) is 0 Å². The number of hydrogen-bond donors (Lipinski definition) is 1. The predicted octanol–water partition coefficient (Wildman–Crippen LogP) is 4.55. The number of hydrogen-bond acceptors (Lipinski definition) is 8. The number of rotatable bonds is 7. The molecule has 10 heteroatoms. The minimum Gasteiger partial charge on any atom is -0.497 e. The standard InChI is InChI=1S/C23H20N6O2S2/c1-14(33-23-26-27-28-29(23)12-15-8-10-17(31-2)11-9-15)20-24-21(30)19-18(13-32-22(19)25-20)16-6-4-3-5-7-16/h3-11,13-14H,12H2,1-2H3,(H,24,25,30). The molecule has 0 saturated carbocycles. The average molecular weight is 477 g/mol. The van der Waals surface area contributed by atoms with Gasteiger partial charge in [0, 0.05) is 10.9 Å². The van der Waals surface area contributed by atoms with Crippen molar-refractivity contribution in [3.05, 3.63) is 81.7 Å². The van der Waals surface area contributed by atoms with E-state index in [0.717, 1.165) is 27.3 Å². The van der Waals surface area contributed by atoms with E-state index in [0.29, 0.717) is 22.9 Å². The van der Waals surface area contributed by atoms with Crippen LogP contribution in [0.15, 0.2) is 69.9 Å². The van der Waals surface area contributed by atoms with E-state index in [1.54, 1.807) is 11.8 Å². The second-order valence-electron chi connectivity index (χ2n) is 7.37. The average Bonchev–Trinajstić information content (AvgIpc) is 3.47. The molecule has 166 valence electrons. The quantitative estimate of drug-likeness (QED) is 0.344. The van der Waals surface area contributed by atoms with Crippen LogP contribution in [0.25, 0.3) is 21.3 Å². The summed E-state index contributed by atoms with van der Waals surface area (Å²) in [6.45, 7) is 2.51. The fourth-order valence-electron chi connectivity index (χ4n) is 3.49. The summed E-state index contributed by atoms with van der Waals surface area (Å²) in [7, 11) is 1.64. The SMILES string of the molecule is COc1ccc(Cn2nnnc2SC(C)c2nc3scc(-c4ccccc4)c3c(=O)[nH]2)cc1. The van der Waals surface area contributed by atoms with Gasteiger partial charge in [-0.3, -0.25) is 4.79 Å². The summed E-state index contributed by atoms with van der Waals surface area (Å²) in [5.74, 6) is 1.39. The summed E-state index contributed by atoms with van der Waals surface area (Å²) in [4.78, 5) is 21.4. The van der Waals surface area contributed by atoms with Crippen LogP contribution in [0.3, 0.4) is 0 Å². The number of methoxy groups -OCH3 is 1. The Morgan fingerprint density at radius 2 is 1.94 bits per heavy atom. The van der Waals surface area contributed by atoms with Gasteiger partial charge >= 0.3 is 0 Å². The highest BCUT2D eigenvalue weighted by atomic mass is 32.2. The van der Waals surface area contributed by atoms with E-state index in [9.17, 15) is 4.79 Å². The van der Waals surface area contributed by atoms with Crippen LogP contribution in [-0.4, -0.2) is 37.3 Å². The molecule has 8 nitrogen and oxygen atoms in total. The highest BCUT2D eigenvalue weighted by Crippen LogP contribution is 2.34. The van der Waals surface area contributed by atoms with Crippen LogP contribution in [0.2, 0.25) is 0 Å². The first kappa shape index (κ1) is 21.4. The summed E-state index contributed by atoms with van der Waals surface area (Å²) >= 11 is 2.93. The van der Waals surface area contributed by atoms with E-state index in [1.165, 1.54) is 23.1 Å². The fourth-order valence-corrected chi connectivity index (χ4v) is 5.29. The van der Waals surface area contributed by atoms with Gasteiger partial charge in [0.1, 0.15) is 16.4 Å². The van der Waals surface area contributed by atoms with Crippen molar-refractivity contribution in [2.24, 2.45) is 0 Å². The maximum atomic E-state index is 13.0. The van der Waals surface area contributed by atoms with Gasteiger partial charge in [-0.15, -0.1) is 16.4 Å². The zero-order valence-electron chi connectivity index (χ0n) is 17.9. The molecular weight excluding hydrogens is 456 g/mol. The van der Waals surface area contributed by atoms with Crippen molar-refractivity contribution in [1.29, 1.82) is 0 Å². The smallest absolute Gasteiger partial charge is 0.260 e. The van der Waals surface area contributed by atoms with Crippen LogP contribution in [0.1, 0.15) is 23.6 Å². The molecule has 0 aliphatic rings. The van der Waals surface area contributed by atoms with Crippen LogP contribution in [-0.2, 0) is 6.54 Å². The Morgan fingerprint density at radius 3 is 2.70 bits per heavy atom. The Balaban J connectivity index is 1.38. The lowest BCUT2D eigenvalue weighted by Crippen LogP contribution is -2.13. The molecule has 5 rings (SSSR count). The third kappa shape index (κ3) is 4.39. The molecule has 0 saturated heterocycles. The molecule has 0 radical (unpaired) electrons. The normalized spacial score (nSPS) is 12.2. The topological polar surface area (TPSA) is 98.6 Å². The van der Waals surface area contributed by atoms with E-state index in [4.69, 9.17) is 9.72 Å². The van der Waals surface area contributed by atoms with Crippen LogP contribution in [0.4, 0.5) is 0 Å². The number of fused-ring (bicyclic) bond motifs is 1. The number of nitrogens with one attached hydrogen (secondary N) is 1. The summed E-state index contributed by atoms with van der Waals surface area (Å²) < 4.78 is 6.94. The molecule has 0 spiro atoms. The van der Waals surface area contributed by atoms with Gasteiger partial charge in [-0.1, -0.05) is 54.2 Å². The molecule has 3 aromatic heterocycles. The van der Waals surface area contributed by atoms with Crippen LogP contribution >= 0.6 is 23.1 Å². The molecule has 2 aromatic carbocycles. The highest BCUT2D eigenvalue weighted by Gasteiger charge is 2.19. The maximum absolute atomic E-state index is 13.0. The number of thioether (sulfide) groups is 1. The van der Waals surface area contributed by atoms with E-state index in [2.05, 4.69) is 20.5 Å². The van der Waals surface area contributed by atoms with Gasteiger partial charge in [0.05, 0.1) is 24.3 Å². The number of thiophene rings is 1. The van der Waals surface area contributed by atoms with Crippen molar-refractivity contribution in [2.45, 2.75) is 23.9 Å². The molecular formula is C23H20N6O2S2. The molecule has 33 heavy (non-hydrogen) atoms. The summed E-state index contributed by atoms with van der Waals surface area (Å²) in [5, 5.41) is 15.2. The molecule has 3 heterocycles. The van der Waals surface area contributed by atoms with E-state index < -0.39 is 0 Å². The van der Waals surface area contributed by atoms with Crippen molar-refractivity contribution in [1.82, 2.24) is 30.2 Å². The first-order valence-corrected chi connectivity index (χ1v) is 12.0. The Bertz CT molecular complexity index is 1440. The van der Waals surface area contributed by atoms with Gasteiger partial charge < -0.3 is 9.72 Å². The molecule has 1 N–H and O–H groups in total. The van der Waals surface area contributed by atoms with Gasteiger partial charge in [0.2, 0.25) is 5.16 Å².